The van der Waals surface area contributed by atoms with Crippen LogP contribution in [0, 0.1) is 0 Å². The molecule has 118 valence electrons. The van der Waals surface area contributed by atoms with Crippen LogP contribution in [0.5, 0.6) is 0 Å². The number of carboxylic acids is 1. The standard InChI is InChI=1S/C16H13N3O2S.ClH/c20-16(21)9-3-1-4-10(7-9)19-14-13-11-5-2-6-12(11)22-15(13)18-8-17-14;/h1,3-4,7-8H,2,5-6H2,(H,20,21)(H,17,18,19);1H. The molecule has 0 fully saturated rings. The van der Waals surface area contributed by atoms with Gasteiger partial charge >= 0.3 is 5.97 Å². The monoisotopic (exact) mass is 347 g/mol. The summed E-state index contributed by atoms with van der Waals surface area (Å²) >= 11 is 1.73. The van der Waals surface area contributed by atoms with Gasteiger partial charge < -0.3 is 10.4 Å². The van der Waals surface area contributed by atoms with E-state index in [2.05, 4.69) is 15.3 Å². The number of anilines is 2. The van der Waals surface area contributed by atoms with Gasteiger partial charge in [0.25, 0.3) is 0 Å². The summed E-state index contributed by atoms with van der Waals surface area (Å²) in [6.45, 7) is 0. The van der Waals surface area contributed by atoms with E-state index < -0.39 is 5.97 Å². The first kappa shape index (κ1) is 15.7. The highest BCUT2D eigenvalue weighted by Gasteiger charge is 2.21. The average molecular weight is 348 g/mol. The number of aromatic carboxylic acids is 1. The minimum Gasteiger partial charge on any atom is -0.478 e. The number of fused-ring (bicyclic) bond motifs is 3. The molecule has 1 aromatic carbocycles. The van der Waals surface area contributed by atoms with Gasteiger partial charge in [-0.15, -0.1) is 23.7 Å². The third-order valence-electron chi connectivity index (χ3n) is 3.87. The second kappa shape index (κ2) is 6.14. The van der Waals surface area contributed by atoms with Gasteiger partial charge in [-0.25, -0.2) is 14.8 Å². The lowest BCUT2D eigenvalue weighted by Crippen LogP contribution is -1.99. The third-order valence-corrected chi connectivity index (χ3v) is 5.07. The number of rotatable bonds is 3. The molecule has 0 atom stereocenters. The van der Waals surface area contributed by atoms with Crippen molar-refractivity contribution >= 4 is 51.4 Å². The average Bonchev–Trinajstić information content (AvgIpc) is 3.08. The number of nitrogens with one attached hydrogen (secondary N) is 1. The molecule has 0 amide bonds. The van der Waals surface area contributed by atoms with Crippen molar-refractivity contribution in [2.75, 3.05) is 5.32 Å². The van der Waals surface area contributed by atoms with E-state index in [1.54, 1.807) is 35.9 Å². The number of aryl methyl sites for hydroxylation is 2. The zero-order valence-electron chi connectivity index (χ0n) is 12.1. The largest absolute Gasteiger partial charge is 0.478 e. The topological polar surface area (TPSA) is 75.1 Å². The lowest BCUT2D eigenvalue weighted by molar-refractivity contribution is 0.0697. The fourth-order valence-corrected chi connectivity index (χ4v) is 4.12. The Bertz CT molecular complexity index is 894. The van der Waals surface area contributed by atoms with Crippen LogP contribution in [0.3, 0.4) is 0 Å². The van der Waals surface area contributed by atoms with Crippen LogP contribution in [0.25, 0.3) is 10.2 Å². The van der Waals surface area contributed by atoms with Crippen LogP contribution in [0.4, 0.5) is 11.5 Å². The maximum atomic E-state index is 11.1. The first-order valence-corrected chi connectivity index (χ1v) is 7.89. The molecule has 1 aliphatic rings. The molecular weight excluding hydrogens is 334 g/mol. The number of nitrogens with zero attached hydrogens (tertiary/aromatic N) is 2. The maximum absolute atomic E-state index is 11.1. The number of hydrogen-bond acceptors (Lipinski definition) is 5. The van der Waals surface area contributed by atoms with Crippen LogP contribution in [-0.4, -0.2) is 21.0 Å². The Morgan fingerprint density at radius 3 is 2.96 bits per heavy atom. The molecule has 0 bridgehead atoms. The van der Waals surface area contributed by atoms with Gasteiger partial charge in [-0.2, -0.15) is 0 Å². The number of carbonyl (C=O) groups is 1. The van der Waals surface area contributed by atoms with Gasteiger partial charge in [0, 0.05) is 10.6 Å². The predicted molar refractivity (Wildman–Crippen MR) is 93.4 cm³/mol. The van der Waals surface area contributed by atoms with Gasteiger partial charge in [-0.05, 0) is 43.0 Å². The normalized spacial score (nSPS) is 12.7. The SMILES string of the molecule is Cl.O=C(O)c1cccc(Nc2ncnc3sc4c(c23)CCC4)c1. The number of carboxylic acid groups (broad SMARTS) is 1. The molecule has 2 heterocycles. The highest BCUT2D eigenvalue weighted by atomic mass is 35.5. The highest BCUT2D eigenvalue weighted by Crippen LogP contribution is 2.39. The van der Waals surface area contributed by atoms with Crippen LogP contribution >= 0.6 is 23.7 Å². The fourth-order valence-electron chi connectivity index (χ4n) is 2.89. The zero-order valence-corrected chi connectivity index (χ0v) is 13.7. The molecule has 0 saturated carbocycles. The summed E-state index contributed by atoms with van der Waals surface area (Å²) in [5, 5.41) is 13.4. The van der Waals surface area contributed by atoms with Crippen molar-refractivity contribution in [2.45, 2.75) is 19.3 Å². The molecule has 2 aromatic heterocycles. The van der Waals surface area contributed by atoms with Crippen molar-refractivity contribution in [3.05, 3.63) is 46.6 Å². The Kier molecular flexibility index (Phi) is 4.19. The van der Waals surface area contributed by atoms with Crippen molar-refractivity contribution in [2.24, 2.45) is 0 Å². The van der Waals surface area contributed by atoms with Crippen LogP contribution in [-0.2, 0) is 12.8 Å². The van der Waals surface area contributed by atoms with Crippen molar-refractivity contribution in [3.8, 4) is 0 Å². The minimum absolute atomic E-state index is 0. The molecule has 5 nitrogen and oxygen atoms in total. The molecule has 0 spiro atoms. The number of aromatic nitrogens is 2. The van der Waals surface area contributed by atoms with Gasteiger partial charge in [0.1, 0.15) is 17.0 Å². The Balaban J connectivity index is 0.00000156. The molecule has 0 radical (unpaired) electrons. The summed E-state index contributed by atoms with van der Waals surface area (Å²) in [6.07, 6.45) is 4.91. The first-order valence-electron chi connectivity index (χ1n) is 7.08. The molecule has 23 heavy (non-hydrogen) atoms. The molecule has 0 unspecified atom stereocenters. The summed E-state index contributed by atoms with van der Waals surface area (Å²) in [5.74, 6) is -0.181. The molecule has 2 N–H and O–H groups in total. The van der Waals surface area contributed by atoms with Crippen molar-refractivity contribution in [1.82, 2.24) is 9.97 Å². The highest BCUT2D eigenvalue weighted by molar-refractivity contribution is 7.19. The Hall–Kier alpha value is -2.18. The van der Waals surface area contributed by atoms with Crippen LogP contribution in [0.1, 0.15) is 27.2 Å². The third kappa shape index (κ3) is 2.75. The number of halogens is 1. The van der Waals surface area contributed by atoms with E-state index in [1.165, 1.54) is 16.9 Å². The predicted octanol–water partition coefficient (Wildman–Crippen LogP) is 4.04. The van der Waals surface area contributed by atoms with Crippen LogP contribution in [0.2, 0.25) is 0 Å². The van der Waals surface area contributed by atoms with E-state index in [9.17, 15) is 4.79 Å². The molecule has 3 aromatic rings. The summed E-state index contributed by atoms with van der Waals surface area (Å²) in [4.78, 5) is 22.2. The molecule has 4 rings (SSSR count). The first-order chi connectivity index (χ1) is 10.7. The number of hydrogen-bond donors (Lipinski definition) is 2. The smallest absolute Gasteiger partial charge is 0.335 e. The van der Waals surface area contributed by atoms with E-state index in [4.69, 9.17) is 5.11 Å². The minimum atomic E-state index is -0.937. The lowest BCUT2D eigenvalue weighted by Gasteiger charge is -2.08. The molecule has 0 aliphatic heterocycles. The van der Waals surface area contributed by atoms with Gasteiger partial charge in [0.15, 0.2) is 0 Å². The van der Waals surface area contributed by atoms with Gasteiger partial charge in [-0.1, -0.05) is 6.07 Å². The van der Waals surface area contributed by atoms with Crippen LogP contribution in [0.15, 0.2) is 30.6 Å². The quantitative estimate of drug-likeness (QED) is 0.747. The number of thiophene rings is 1. The van der Waals surface area contributed by atoms with Crippen LogP contribution < -0.4 is 5.32 Å². The Morgan fingerprint density at radius 1 is 1.26 bits per heavy atom. The zero-order chi connectivity index (χ0) is 15.1. The van der Waals surface area contributed by atoms with Crippen molar-refractivity contribution in [3.63, 3.8) is 0 Å². The Labute approximate surface area is 142 Å². The van der Waals surface area contributed by atoms with Crippen molar-refractivity contribution < 1.29 is 9.90 Å². The summed E-state index contributed by atoms with van der Waals surface area (Å²) in [7, 11) is 0. The Morgan fingerprint density at radius 2 is 2.13 bits per heavy atom. The fraction of sp³-hybridized carbons (Fsp3) is 0.188. The summed E-state index contributed by atoms with van der Waals surface area (Å²) in [6, 6.07) is 6.75. The second-order valence-corrected chi connectivity index (χ2v) is 6.35. The molecule has 1 aliphatic carbocycles. The second-order valence-electron chi connectivity index (χ2n) is 5.27. The van der Waals surface area contributed by atoms with E-state index in [-0.39, 0.29) is 18.0 Å². The van der Waals surface area contributed by atoms with Crippen molar-refractivity contribution in [1.29, 1.82) is 0 Å². The maximum Gasteiger partial charge on any atom is 0.335 e. The van der Waals surface area contributed by atoms with E-state index in [0.29, 0.717) is 0 Å². The van der Waals surface area contributed by atoms with Gasteiger partial charge in [0.2, 0.25) is 0 Å². The van der Waals surface area contributed by atoms with E-state index >= 15 is 0 Å². The van der Waals surface area contributed by atoms with E-state index in [0.717, 1.165) is 34.6 Å². The molecular formula is C16H14ClN3O2S. The van der Waals surface area contributed by atoms with Gasteiger partial charge in [-0.3, -0.25) is 0 Å². The lowest BCUT2D eigenvalue weighted by atomic mass is 10.1. The van der Waals surface area contributed by atoms with E-state index in [1.807, 2.05) is 6.07 Å². The number of benzene rings is 1. The van der Waals surface area contributed by atoms with Gasteiger partial charge in [0.05, 0.1) is 10.9 Å². The molecule has 0 saturated heterocycles. The summed E-state index contributed by atoms with van der Waals surface area (Å²) in [5.41, 5.74) is 2.32. The summed E-state index contributed by atoms with van der Waals surface area (Å²) < 4.78 is 0. The molecule has 7 heteroatoms.